The Morgan fingerprint density at radius 1 is 0.566 bits per heavy atom. The molecule has 0 fully saturated rings. The summed E-state index contributed by atoms with van der Waals surface area (Å²) in [5, 5.41) is 37.2. The second-order valence-corrected chi connectivity index (χ2v) is 25.9. The van der Waals surface area contributed by atoms with E-state index in [1.807, 2.05) is 36.4 Å². The van der Waals surface area contributed by atoms with Crippen LogP contribution in [0.3, 0.4) is 0 Å². The molecule has 4 aromatic rings. The number of nitrogens with zero attached hydrogens (tertiary/aromatic N) is 4. The molecule has 0 atom stereocenters. The van der Waals surface area contributed by atoms with Gasteiger partial charge in [0, 0.05) is 5.22 Å². The maximum Gasteiger partial charge on any atom is 0.192 e. The highest BCUT2D eigenvalue weighted by Crippen LogP contribution is 2.46. The lowest BCUT2D eigenvalue weighted by Crippen LogP contribution is -2.59. The van der Waals surface area contributed by atoms with E-state index in [0.717, 1.165) is 60.8 Å². The zero-order valence-corrected chi connectivity index (χ0v) is 34.3. The largest absolute Gasteiger partial charge is 0.457 e. The standard InChI is InChI=1S/C44H50N4O3Si2/c1-43(2,25-13-17-33-15-9-11-19-41(33)49-39-23-21-35(29-45)37(27-39)31-47)53(7,8)51-44(3,4)52(5,6)26-14-18-34-16-10-12-20-42(34)50-40-24-22-36(30-46)38(28-40)32-48/h9-12,15-16,19-24,27-28H,13-14,17-18,25-26H2,1-8H3. The van der Waals surface area contributed by atoms with Crippen LogP contribution in [-0.2, 0) is 17.3 Å². The van der Waals surface area contributed by atoms with Gasteiger partial charge in [-0.15, -0.1) is 0 Å². The van der Waals surface area contributed by atoms with Crippen molar-refractivity contribution in [2.45, 2.75) is 102 Å². The van der Waals surface area contributed by atoms with Crippen LogP contribution in [0.15, 0.2) is 84.9 Å². The number of hydrogen-bond acceptors (Lipinski definition) is 7. The third-order valence-electron chi connectivity index (χ3n) is 11.1. The van der Waals surface area contributed by atoms with Crippen molar-refractivity contribution >= 4 is 16.4 Å². The first-order chi connectivity index (χ1) is 25.1. The monoisotopic (exact) mass is 738 g/mol. The molecule has 0 aliphatic carbocycles. The van der Waals surface area contributed by atoms with Gasteiger partial charge < -0.3 is 13.9 Å². The highest BCUT2D eigenvalue weighted by atomic mass is 28.4. The summed E-state index contributed by atoms with van der Waals surface area (Å²) >= 11 is 0. The van der Waals surface area contributed by atoms with Crippen LogP contribution in [0.25, 0.3) is 0 Å². The molecule has 0 radical (unpaired) electrons. The van der Waals surface area contributed by atoms with E-state index in [1.165, 1.54) is 0 Å². The molecule has 0 aliphatic heterocycles. The lowest BCUT2D eigenvalue weighted by Gasteiger charge is -2.50. The molecule has 0 heterocycles. The third kappa shape index (κ3) is 10.0. The summed E-state index contributed by atoms with van der Waals surface area (Å²) in [6, 6.07) is 35.4. The summed E-state index contributed by atoms with van der Waals surface area (Å²) in [5.41, 5.74) is 3.51. The molecular weight excluding hydrogens is 689 g/mol. The molecule has 0 saturated heterocycles. The molecule has 0 amide bonds. The van der Waals surface area contributed by atoms with Crippen LogP contribution in [0.5, 0.6) is 23.0 Å². The average molecular weight is 739 g/mol. The molecule has 0 bridgehead atoms. The van der Waals surface area contributed by atoms with E-state index in [9.17, 15) is 21.0 Å². The fraction of sp³-hybridized carbons (Fsp3) is 0.364. The van der Waals surface area contributed by atoms with Crippen LogP contribution in [0.1, 0.15) is 80.3 Å². The molecule has 0 N–H and O–H groups in total. The molecule has 9 heteroatoms. The van der Waals surface area contributed by atoms with Crippen molar-refractivity contribution in [2.75, 3.05) is 0 Å². The van der Waals surface area contributed by atoms with Crippen molar-refractivity contribution < 1.29 is 13.9 Å². The van der Waals surface area contributed by atoms with Gasteiger partial charge in [-0.25, -0.2) is 0 Å². The summed E-state index contributed by atoms with van der Waals surface area (Å²) in [6.45, 7) is 18.9. The molecule has 4 rings (SSSR count). The fourth-order valence-corrected chi connectivity index (χ4v) is 12.2. The number of hydrogen-bond donors (Lipinski definition) is 0. The van der Waals surface area contributed by atoms with Crippen LogP contribution >= 0.6 is 0 Å². The topological polar surface area (TPSA) is 123 Å². The maximum absolute atomic E-state index is 9.45. The first-order valence-corrected chi connectivity index (χ1v) is 24.3. The molecule has 53 heavy (non-hydrogen) atoms. The molecule has 4 aromatic carbocycles. The summed E-state index contributed by atoms with van der Waals surface area (Å²) in [6.07, 6.45) is 4.72. The van der Waals surface area contributed by atoms with Crippen molar-refractivity contribution in [3.8, 4) is 47.3 Å². The number of benzene rings is 4. The lowest BCUT2D eigenvalue weighted by atomic mass is 10.0. The number of rotatable bonds is 16. The van der Waals surface area contributed by atoms with Gasteiger partial charge in [0.15, 0.2) is 8.32 Å². The van der Waals surface area contributed by atoms with Gasteiger partial charge >= 0.3 is 0 Å². The van der Waals surface area contributed by atoms with E-state index in [4.69, 9.17) is 13.9 Å². The van der Waals surface area contributed by atoms with Crippen molar-refractivity contribution in [3.05, 3.63) is 118 Å². The molecule has 0 aromatic heterocycles. The van der Waals surface area contributed by atoms with Crippen LogP contribution in [-0.4, -0.2) is 21.6 Å². The maximum atomic E-state index is 9.45. The Balaban J connectivity index is 1.36. The highest BCUT2D eigenvalue weighted by Gasteiger charge is 2.49. The van der Waals surface area contributed by atoms with E-state index in [2.05, 4.69) is 90.3 Å². The Morgan fingerprint density at radius 2 is 1.00 bits per heavy atom. The minimum absolute atomic E-state index is 0.0203. The SMILES string of the molecule is CC(C)(O[Si](C)(C)C(C)(C)CCCc1ccccc1Oc1ccc(C#N)c(C#N)c1)[Si](C)(C)CCCc1ccccc1Oc1ccc(C#N)c(C#N)c1. The fourth-order valence-electron chi connectivity index (χ4n) is 6.39. The van der Waals surface area contributed by atoms with Gasteiger partial charge in [-0.2, -0.15) is 21.0 Å². The molecule has 272 valence electrons. The van der Waals surface area contributed by atoms with E-state index in [1.54, 1.807) is 36.4 Å². The molecular formula is C44H50N4O3Si2. The van der Waals surface area contributed by atoms with E-state index >= 15 is 0 Å². The van der Waals surface area contributed by atoms with Gasteiger partial charge in [-0.1, -0.05) is 75.8 Å². The Morgan fingerprint density at radius 3 is 1.45 bits per heavy atom. The summed E-state index contributed by atoms with van der Waals surface area (Å²) < 4.78 is 19.7. The Bertz CT molecular complexity index is 1950. The van der Waals surface area contributed by atoms with Gasteiger partial charge in [-0.05, 0) is 117 Å². The van der Waals surface area contributed by atoms with Crippen LogP contribution < -0.4 is 9.47 Å². The first kappa shape index (κ1) is 40.6. The highest BCUT2D eigenvalue weighted by molar-refractivity contribution is 6.82. The zero-order valence-electron chi connectivity index (χ0n) is 32.3. The Kier molecular flexibility index (Phi) is 13.1. The van der Waals surface area contributed by atoms with Gasteiger partial charge in [0.05, 0.1) is 30.3 Å². The molecule has 0 unspecified atom stereocenters. The second-order valence-electron chi connectivity index (χ2n) is 15.9. The van der Waals surface area contributed by atoms with E-state index in [0.29, 0.717) is 33.8 Å². The third-order valence-corrected chi connectivity index (χ3v) is 20.8. The average Bonchev–Trinajstić information content (AvgIpc) is 3.12. The normalized spacial score (nSPS) is 11.8. The van der Waals surface area contributed by atoms with Gasteiger partial charge in [0.2, 0.25) is 0 Å². The van der Waals surface area contributed by atoms with Crippen LogP contribution in [0.4, 0.5) is 0 Å². The second kappa shape index (κ2) is 17.1. The first-order valence-electron chi connectivity index (χ1n) is 18.2. The number of para-hydroxylation sites is 2. The quantitative estimate of drug-likeness (QED) is 0.105. The van der Waals surface area contributed by atoms with Crippen LogP contribution in [0, 0.1) is 45.3 Å². The van der Waals surface area contributed by atoms with E-state index in [-0.39, 0.29) is 10.3 Å². The van der Waals surface area contributed by atoms with Crippen molar-refractivity contribution in [1.82, 2.24) is 0 Å². The number of aryl methyl sites for hydroxylation is 2. The summed E-state index contributed by atoms with van der Waals surface area (Å²) in [4.78, 5) is 0. The van der Waals surface area contributed by atoms with Crippen molar-refractivity contribution in [2.24, 2.45) is 0 Å². The van der Waals surface area contributed by atoms with Gasteiger partial charge in [0.1, 0.15) is 47.3 Å². The van der Waals surface area contributed by atoms with Crippen molar-refractivity contribution in [3.63, 3.8) is 0 Å². The minimum Gasteiger partial charge on any atom is -0.457 e. The zero-order chi connectivity index (χ0) is 38.9. The summed E-state index contributed by atoms with van der Waals surface area (Å²) in [7, 11) is -4.07. The molecule has 7 nitrogen and oxygen atoms in total. The predicted octanol–water partition coefficient (Wildman–Crippen LogP) is 11.7. The lowest BCUT2D eigenvalue weighted by molar-refractivity contribution is 0.159. The number of ether oxygens (including phenoxy) is 2. The summed E-state index contributed by atoms with van der Waals surface area (Å²) in [5.74, 6) is 2.61. The number of nitriles is 4. The minimum atomic E-state index is -2.20. The smallest absolute Gasteiger partial charge is 0.192 e. The van der Waals surface area contributed by atoms with Gasteiger partial charge in [0.25, 0.3) is 0 Å². The molecule has 0 spiro atoms. The Labute approximate surface area is 318 Å². The predicted molar refractivity (Wildman–Crippen MR) is 215 cm³/mol. The molecule has 0 aliphatic rings. The Hall–Kier alpha value is -5.17. The van der Waals surface area contributed by atoms with Crippen LogP contribution in [0.2, 0.25) is 37.3 Å². The van der Waals surface area contributed by atoms with E-state index < -0.39 is 16.4 Å². The van der Waals surface area contributed by atoms with Gasteiger partial charge in [-0.3, -0.25) is 0 Å². The molecule has 0 saturated carbocycles. The van der Waals surface area contributed by atoms with Crippen molar-refractivity contribution in [1.29, 1.82) is 21.0 Å².